The topological polar surface area (TPSA) is 26.0 Å². The van der Waals surface area contributed by atoms with E-state index >= 15 is 0 Å². The Hall–Kier alpha value is -1.50. The summed E-state index contributed by atoms with van der Waals surface area (Å²) in [5.41, 5.74) is 9.08. The largest absolute Gasteiger partial charge is 0.398 e. The highest BCUT2D eigenvalue weighted by Gasteiger charge is 1.93. The third-order valence-electron chi connectivity index (χ3n) is 2.43. The van der Waals surface area contributed by atoms with Gasteiger partial charge in [-0.05, 0) is 37.0 Å². The fraction of sp³-hybridized carbons (Fsp3) is 0.333. The van der Waals surface area contributed by atoms with Crippen molar-refractivity contribution in [1.82, 2.24) is 0 Å². The maximum atomic E-state index is 5.91. The lowest BCUT2D eigenvalue weighted by Gasteiger charge is -2.00. The number of aryl methyl sites for hydroxylation is 1. The van der Waals surface area contributed by atoms with Gasteiger partial charge in [0, 0.05) is 5.69 Å². The van der Waals surface area contributed by atoms with Crippen molar-refractivity contribution in [3.8, 4) is 0 Å². The van der Waals surface area contributed by atoms with Gasteiger partial charge in [-0.15, -0.1) is 0 Å². The molecule has 0 aliphatic heterocycles. The summed E-state index contributed by atoms with van der Waals surface area (Å²) in [5.74, 6) is 0. The van der Waals surface area contributed by atoms with Crippen molar-refractivity contribution in [3.05, 3.63) is 47.6 Å². The van der Waals surface area contributed by atoms with Gasteiger partial charge in [-0.2, -0.15) is 0 Å². The lowest BCUT2D eigenvalue weighted by molar-refractivity contribution is 0.955. The van der Waals surface area contributed by atoms with Crippen LogP contribution in [-0.4, -0.2) is 0 Å². The van der Waals surface area contributed by atoms with Crippen LogP contribution in [0.3, 0.4) is 0 Å². The lowest BCUT2D eigenvalue weighted by atomic mass is 10.1. The third kappa shape index (κ3) is 4.35. The molecular weight excluding hydrogens is 194 g/mol. The van der Waals surface area contributed by atoms with E-state index in [1.165, 1.54) is 18.4 Å². The van der Waals surface area contributed by atoms with Crippen molar-refractivity contribution in [1.29, 1.82) is 0 Å². The normalized spacial score (nSPS) is 11.6. The van der Waals surface area contributed by atoms with E-state index in [2.05, 4.69) is 50.3 Å². The summed E-state index contributed by atoms with van der Waals surface area (Å²) in [6.07, 6.45) is 12.0. The van der Waals surface area contributed by atoms with Gasteiger partial charge in [0.1, 0.15) is 0 Å². The summed E-state index contributed by atoms with van der Waals surface area (Å²) in [6.45, 7) is 4.24. The maximum Gasteiger partial charge on any atom is 0.0390 e. The van der Waals surface area contributed by atoms with Gasteiger partial charge >= 0.3 is 0 Å². The molecule has 0 atom stereocenters. The molecule has 16 heavy (non-hydrogen) atoms. The minimum Gasteiger partial charge on any atom is -0.398 e. The van der Waals surface area contributed by atoms with Crippen LogP contribution in [-0.2, 0) is 0 Å². The molecule has 0 amide bonds. The Morgan fingerprint density at radius 1 is 1.19 bits per heavy atom. The van der Waals surface area contributed by atoms with Crippen molar-refractivity contribution in [2.75, 3.05) is 5.73 Å². The first-order chi connectivity index (χ1) is 7.74. The molecule has 0 saturated carbocycles. The fourth-order valence-electron chi connectivity index (χ4n) is 1.50. The first-order valence-corrected chi connectivity index (χ1v) is 5.91. The van der Waals surface area contributed by atoms with E-state index < -0.39 is 0 Å². The van der Waals surface area contributed by atoms with Gasteiger partial charge in [0.05, 0.1) is 0 Å². The van der Waals surface area contributed by atoms with Crippen LogP contribution in [0.2, 0.25) is 0 Å². The Kier molecular flexibility index (Phi) is 5.41. The molecule has 1 aromatic rings. The maximum absolute atomic E-state index is 5.91. The van der Waals surface area contributed by atoms with E-state index in [0.29, 0.717) is 0 Å². The van der Waals surface area contributed by atoms with Crippen LogP contribution >= 0.6 is 0 Å². The number of nitrogens with two attached hydrogens (primary N) is 1. The summed E-state index contributed by atoms with van der Waals surface area (Å²) in [4.78, 5) is 0. The second-order valence-electron chi connectivity index (χ2n) is 4.03. The SMILES string of the molecule is CCC/C=C/C/C=C\c1ccc(C)cc1N. The average Bonchev–Trinajstić information content (AvgIpc) is 2.26. The number of anilines is 1. The zero-order valence-electron chi connectivity index (χ0n) is 10.2. The predicted molar refractivity (Wildman–Crippen MR) is 73.3 cm³/mol. The number of nitrogen functional groups attached to an aromatic ring is 1. The van der Waals surface area contributed by atoms with Gasteiger partial charge in [-0.1, -0.05) is 49.8 Å². The molecule has 0 spiro atoms. The van der Waals surface area contributed by atoms with Gasteiger partial charge in [-0.25, -0.2) is 0 Å². The summed E-state index contributed by atoms with van der Waals surface area (Å²) >= 11 is 0. The molecule has 0 fully saturated rings. The minimum absolute atomic E-state index is 0.855. The van der Waals surface area contributed by atoms with Gasteiger partial charge in [-0.3, -0.25) is 0 Å². The highest BCUT2D eigenvalue weighted by molar-refractivity contribution is 5.65. The van der Waals surface area contributed by atoms with Crippen LogP contribution in [0.5, 0.6) is 0 Å². The number of rotatable bonds is 5. The van der Waals surface area contributed by atoms with Crippen LogP contribution in [0.25, 0.3) is 6.08 Å². The Balaban J connectivity index is 2.50. The molecule has 1 aromatic carbocycles. The number of hydrogen-bond acceptors (Lipinski definition) is 1. The van der Waals surface area contributed by atoms with E-state index in [4.69, 9.17) is 5.73 Å². The van der Waals surface area contributed by atoms with Crippen molar-refractivity contribution in [2.24, 2.45) is 0 Å². The van der Waals surface area contributed by atoms with Gasteiger partial charge in [0.15, 0.2) is 0 Å². The van der Waals surface area contributed by atoms with Crippen molar-refractivity contribution >= 4 is 11.8 Å². The molecule has 0 heterocycles. The second kappa shape index (κ2) is 6.89. The van der Waals surface area contributed by atoms with Crippen LogP contribution in [0.1, 0.15) is 37.3 Å². The van der Waals surface area contributed by atoms with Crippen LogP contribution < -0.4 is 5.73 Å². The molecular formula is C15H21N. The third-order valence-corrected chi connectivity index (χ3v) is 2.43. The molecule has 0 radical (unpaired) electrons. The average molecular weight is 215 g/mol. The number of unbranched alkanes of at least 4 members (excludes halogenated alkanes) is 1. The van der Waals surface area contributed by atoms with Gasteiger partial charge in [0.2, 0.25) is 0 Å². The Morgan fingerprint density at radius 3 is 2.69 bits per heavy atom. The molecule has 0 bridgehead atoms. The van der Waals surface area contributed by atoms with E-state index in [9.17, 15) is 0 Å². The molecule has 0 unspecified atom stereocenters. The standard InChI is InChI=1S/C15H21N/c1-3-4-5-6-7-8-9-14-11-10-13(2)12-15(14)16/h5-6,8-12H,3-4,7,16H2,1-2H3/b6-5+,9-8-. The molecule has 1 nitrogen and oxygen atoms in total. The molecule has 86 valence electrons. The van der Waals surface area contributed by atoms with Crippen LogP contribution in [0, 0.1) is 6.92 Å². The highest BCUT2D eigenvalue weighted by atomic mass is 14.6. The molecule has 0 aliphatic rings. The molecule has 0 saturated heterocycles. The van der Waals surface area contributed by atoms with E-state index in [-0.39, 0.29) is 0 Å². The second-order valence-corrected chi connectivity index (χ2v) is 4.03. The monoisotopic (exact) mass is 215 g/mol. The molecule has 2 N–H and O–H groups in total. The predicted octanol–water partition coefficient (Wildman–Crippen LogP) is 4.34. The summed E-state index contributed by atoms with van der Waals surface area (Å²) in [6, 6.07) is 6.16. The summed E-state index contributed by atoms with van der Waals surface area (Å²) in [5, 5.41) is 0. The highest BCUT2D eigenvalue weighted by Crippen LogP contribution is 2.15. The van der Waals surface area contributed by atoms with Crippen LogP contribution in [0.4, 0.5) is 5.69 Å². The van der Waals surface area contributed by atoms with Crippen LogP contribution in [0.15, 0.2) is 36.4 Å². The quantitative estimate of drug-likeness (QED) is 0.574. The zero-order chi connectivity index (χ0) is 11.8. The van der Waals surface area contributed by atoms with Crippen molar-refractivity contribution in [2.45, 2.75) is 33.1 Å². The zero-order valence-corrected chi connectivity index (χ0v) is 10.2. The molecule has 1 rings (SSSR count). The number of hydrogen-bond donors (Lipinski definition) is 1. The van der Waals surface area contributed by atoms with Gasteiger partial charge in [0.25, 0.3) is 0 Å². The first kappa shape index (κ1) is 12.6. The smallest absolute Gasteiger partial charge is 0.0390 e. The summed E-state index contributed by atoms with van der Waals surface area (Å²) in [7, 11) is 0. The molecule has 1 heteroatoms. The Morgan fingerprint density at radius 2 is 2.00 bits per heavy atom. The van der Waals surface area contributed by atoms with E-state index in [1.807, 2.05) is 6.07 Å². The van der Waals surface area contributed by atoms with Crippen molar-refractivity contribution in [3.63, 3.8) is 0 Å². The Labute approximate surface area is 98.7 Å². The van der Waals surface area contributed by atoms with E-state index in [1.54, 1.807) is 0 Å². The van der Waals surface area contributed by atoms with Gasteiger partial charge < -0.3 is 5.73 Å². The minimum atomic E-state index is 0.855. The molecule has 0 aliphatic carbocycles. The molecule has 0 aromatic heterocycles. The first-order valence-electron chi connectivity index (χ1n) is 5.91. The lowest BCUT2D eigenvalue weighted by Crippen LogP contribution is -1.89. The summed E-state index contributed by atoms with van der Waals surface area (Å²) < 4.78 is 0. The fourth-order valence-corrected chi connectivity index (χ4v) is 1.50. The van der Waals surface area contributed by atoms with Crippen molar-refractivity contribution < 1.29 is 0 Å². The van der Waals surface area contributed by atoms with E-state index in [0.717, 1.165) is 17.7 Å². The number of allylic oxidation sites excluding steroid dienone is 3. The Bertz CT molecular complexity index is 375. The number of benzene rings is 1.